The monoisotopic (exact) mass is 414 g/mol. The molecule has 0 aliphatic heterocycles. The molecular weight excluding hydrogens is 368 g/mol. The molecule has 0 spiro atoms. The number of ketones is 1. The molecule has 0 aromatic rings. The van der Waals surface area contributed by atoms with Crippen LogP contribution < -0.4 is 0 Å². The number of allylic oxidation sites excluding steroid dienone is 2. The van der Waals surface area contributed by atoms with Gasteiger partial charge in [-0.25, -0.2) is 0 Å². The molecule has 4 fully saturated rings. The fourth-order valence-electron chi connectivity index (χ4n) is 8.66. The van der Waals surface area contributed by atoms with E-state index in [4.69, 9.17) is 0 Å². The van der Waals surface area contributed by atoms with E-state index in [1.807, 2.05) is 0 Å². The average molecular weight is 415 g/mol. The van der Waals surface area contributed by atoms with Gasteiger partial charge in [-0.15, -0.1) is 0 Å². The minimum absolute atomic E-state index is 0.136. The summed E-state index contributed by atoms with van der Waals surface area (Å²) in [5, 5.41) is 10.2. The quantitative estimate of drug-likeness (QED) is 0.522. The van der Waals surface area contributed by atoms with Crippen molar-refractivity contribution in [2.24, 2.45) is 58.2 Å². The zero-order valence-electron chi connectivity index (χ0n) is 20.4. The minimum Gasteiger partial charge on any atom is -0.393 e. The third-order valence-electron chi connectivity index (χ3n) is 10.8. The number of aliphatic hydroxyl groups excluding tert-OH is 1. The van der Waals surface area contributed by atoms with Crippen molar-refractivity contribution in [1.29, 1.82) is 0 Å². The van der Waals surface area contributed by atoms with Crippen LogP contribution >= 0.6 is 0 Å². The molecule has 10 atom stereocenters. The van der Waals surface area contributed by atoms with Gasteiger partial charge in [-0.2, -0.15) is 0 Å². The van der Waals surface area contributed by atoms with Gasteiger partial charge in [0.15, 0.2) is 0 Å². The fraction of sp³-hybridized carbons (Fsp3) is 0.893. The van der Waals surface area contributed by atoms with E-state index >= 15 is 0 Å². The summed E-state index contributed by atoms with van der Waals surface area (Å²) in [5.74, 6) is 5.18. The van der Waals surface area contributed by atoms with Crippen molar-refractivity contribution in [2.75, 3.05) is 0 Å². The van der Waals surface area contributed by atoms with Gasteiger partial charge >= 0.3 is 0 Å². The summed E-state index contributed by atoms with van der Waals surface area (Å²) in [4.78, 5) is 13.8. The van der Waals surface area contributed by atoms with Crippen molar-refractivity contribution in [3.63, 3.8) is 0 Å². The number of Topliss-reactive ketones (excluding diaryl/α,β-unsaturated/α-hetero) is 1. The predicted octanol–water partition coefficient (Wildman–Crippen LogP) is 6.67. The van der Waals surface area contributed by atoms with Crippen LogP contribution in [0.3, 0.4) is 0 Å². The van der Waals surface area contributed by atoms with Gasteiger partial charge in [0.25, 0.3) is 0 Å². The Morgan fingerprint density at radius 2 is 1.70 bits per heavy atom. The first-order valence-corrected chi connectivity index (χ1v) is 13.0. The molecular formula is C28H46O2. The van der Waals surface area contributed by atoms with Crippen molar-refractivity contribution >= 4 is 5.78 Å². The Kier molecular flexibility index (Phi) is 6.06. The molecule has 2 nitrogen and oxygen atoms in total. The van der Waals surface area contributed by atoms with E-state index in [0.717, 1.165) is 25.7 Å². The average Bonchev–Trinajstić information content (AvgIpc) is 3.02. The zero-order chi connectivity index (χ0) is 21.8. The molecule has 2 heteroatoms. The van der Waals surface area contributed by atoms with E-state index < -0.39 is 0 Å². The maximum absolute atomic E-state index is 13.8. The van der Waals surface area contributed by atoms with E-state index in [0.29, 0.717) is 47.2 Å². The molecule has 1 N–H and O–H groups in total. The highest BCUT2D eigenvalue weighted by Crippen LogP contribution is 2.67. The lowest BCUT2D eigenvalue weighted by Gasteiger charge is -2.60. The van der Waals surface area contributed by atoms with Crippen LogP contribution in [0.4, 0.5) is 0 Å². The number of fused-ring (bicyclic) bond motifs is 5. The van der Waals surface area contributed by atoms with E-state index in [1.54, 1.807) is 0 Å². The molecule has 0 heterocycles. The summed E-state index contributed by atoms with van der Waals surface area (Å²) < 4.78 is 0. The van der Waals surface area contributed by atoms with Gasteiger partial charge in [0.05, 0.1) is 6.10 Å². The molecule has 0 saturated heterocycles. The Morgan fingerprint density at radius 3 is 2.40 bits per heavy atom. The molecule has 4 aliphatic rings. The summed E-state index contributed by atoms with van der Waals surface area (Å²) in [6, 6.07) is 0. The molecule has 4 rings (SSSR count). The molecule has 4 aliphatic carbocycles. The van der Waals surface area contributed by atoms with Gasteiger partial charge in [-0.3, -0.25) is 4.79 Å². The van der Waals surface area contributed by atoms with E-state index in [2.05, 4.69) is 53.7 Å². The first-order valence-electron chi connectivity index (χ1n) is 13.0. The van der Waals surface area contributed by atoms with E-state index in [-0.39, 0.29) is 22.9 Å². The number of aliphatic hydroxyl groups is 1. The predicted molar refractivity (Wildman–Crippen MR) is 124 cm³/mol. The summed E-state index contributed by atoms with van der Waals surface area (Å²) in [5.41, 5.74) is 0.317. The molecule has 0 unspecified atom stereocenters. The summed E-state index contributed by atoms with van der Waals surface area (Å²) in [6.07, 6.45) is 13.5. The number of hydrogen-bond acceptors (Lipinski definition) is 2. The first-order chi connectivity index (χ1) is 14.1. The highest BCUT2D eigenvalue weighted by Gasteiger charge is 2.63. The maximum Gasteiger partial charge on any atom is 0.137 e. The summed E-state index contributed by atoms with van der Waals surface area (Å²) in [6.45, 7) is 14.2. The lowest BCUT2D eigenvalue weighted by Crippen LogP contribution is -2.57. The second-order valence-electron chi connectivity index (χ2n) is 12.6. The first kappa shape index (κ1) is 22.6. The Balaban J connectivity index is 1.56. The number of rotatable bonds is 4. The zero-order valence-corrected chi connectivity index (χ0v) is 20.4. The second-order valence-corrected chi connectivity index (χ2v) is 12.6. The molecule has 170 valence electrons. The molecule has 0 aromatic heterocycles. The van der Waals surface area contributed by atoms with Crippen LogP contribution in [0.25, 0.3) is 0 Å². The molecule has 0 radical (unpaired) electrons. The van der Waals surface area contributed by atoms with Crippen LogP contribution in [0.1, 0.15) is 92.9 Å². The van der Waals surface area contributed by atoms with Gasteiger partial charge in [0.2, 0.25) is 0 Å². The van der Waals surface area contributed by atoms with Gasteiger partial charge in [0.1, 0.15) is 5.78 Å². The van der Waals surface area contributed by atoms with Crippen molar-refractivity contribution in [1.82, 2.24) is 0 Å². The normalized spacial score (nSPS) is 48.3. The highest BCUT2D eigenvalue weighted by molar-refractivity contribution is 5.84. The van der Waals surface area contributed by atoms with Crippen LogP contribution in [0.2, 0.25) is 0 Å². The third-order valence-corrected chi connectivity index (χ3v) is 10.8. The van der Waals surface area contributed by atoms with Gasteiger partial charge in [-0.05, 0) is 97.2 Å². The van der Waals surface area contributed by atoms with E-state index in [9.17, 15) is 9.90 Å². The topological polar surface area (TPSA) is 37.3 Å². The molecule has 0 bridgehead atoms. The van der Waals surface area contributed by atoms with Crippen LogP contribution in [-0.2, 0) is 4.79 Å². The maximum atomic E-state index is 13.8. The lowest BCUT2D eigenvalue weighted by atomic mass is 9.44. The molecule has 0 amide bonds. The van der Waals surface area contributed by atoms with Crippen molar-refractivity contribution in [3.8, 4) is 0 Å². The lowest BCUT2D eigenvalue weighted by molar-refractivity contribution is -0.162. The Morgan fingerprint density at radius 1 is 0.967 bits per heavy atom. The third kappa shape index (κ3) is 3.54. The SMILES string of the molecule is CC(C)[C@@H](C)/C=C/[C@@H](C)[C@@H]1CC[C@@H]2[C@@H]3CC[C@H]4C[C@H](O)CC[C@]4(C)[C@H]3C(=O)C[C@@]21C. The molecule has 0 aromatic carbocycles. The summed E-state index contributed by atoms with van der Waals surface area (Å²) >= 11 is 0. The number of hydrogen-bond donors (Lipinski definition) is 1. The van der Waals surface area contributed by atoms with Crippen molar-refractivity contribution in [2.45, 2.75) is 99.0 Å². The van der Waals surface area contributed by atoms with Gasteiger partial charge < -0.3 is 5.11 Å². The number of carbonyl (C=O) groups is 1. The van der Waals surface area contributed by atoms with E-state index in [1.165, 1.54) is 25.7 Å². The smallest absolute Gasteiger partial charge is 0.137 e. The van der Waals surface area contributed by atoms with Gasteiger partial charge in [-0.1, -0.05) is 53.7 Å². The molecule has 30 heavy (non-hydrogen) atoms. The number of carbonyl (C=O) groups excluding carboxylic acids is 1. The van der Waals surface area contributed by atoms with Crippen LogP contribution in [-0.4, -0.2) is 17.0 Å². The van der Waals surface area contributed by atoms with Crippen LogP contribution in [0, 0.1) is 58.2 Å². The second kappa shape index (κ2) is 8.05. The van der Waals surface area contributed by atoms with Crippen LogP contribution in [0.5, 0.6) is 0 Å². The Bertz CT molecular complexity index is 680. The summed E-state index contributed by atoms with van der Waals surface area (Å²) in [7, 11) is 0. The minimum atomic E-state index is -0.139. The van der Waals surface area contributed by atoms with Crippen molar-refractivity contribution < 1.29 is 9.90 Å². The molecule has 4 saturated carbocycles. The largest absolute Gasteiger partial charge is 0.393 e. The van der Waals surface area contributed by atoms with Crippen LogP contribution in [0.15, 0.2) is 12.2 Å². The Hall–Kier alpha value is -0.630. The standard InChI is InChI=1S/C28H46O2/c1-17(2)18(3)7-8-19(4)23-11-12-24-22-10-9-20-15-21(29)13-14-27(20,5)26(22)25(30)16-28(23,24)6/h7-8,17-24,26,29H,9-16H2,1-6H3/b8-7+/t18-,19+,20-,21+,22-,23-,24+,26+,27-,28+/m0/s1. The highest BCUT2D eigenvalue weighted by atomic mass is 16.3. The van der Waals surface area contributed by atoms with Gasteiger partial charge in [0, 0.05) is 12.3 Å². The Labute approximate surface area is 185 Å². The van der Waals surface area contributed by atoms with Crippen molar-refractivity contribution in [3.05, 3.63) is 12.2 Å². The fourth-order valence-corrected chi connectivity index (χ4v) is 8.66.